The number of aliphatic hydroxyl groups excluding tert-OH is 1. The van der Waals surface area contributed by atoms with Gasteiger partial charge in [-0.2, -0.15) is 0 Å². The summed E-state index contributed by atoms with van der Waals surface area (Å²) < 4.78 is 0. The fraction of sp³-hybridized carbons (Fsp3) is 0.440. The van der Waals surface area contributed by atoms with Crippen LogP contribution in [0.2, 0.25) is 0 Å². The molecule has 1 atom stereocenters. The third kappa shape index (κ3) is 5.11. The van der Waals surface area contributed by atoms with Gasteiger partial charge in [0.1, 0.15) is 5.75 Å². The maximum absolute atomic E-state index is 12.5. The molecule has 32 heavy (non-hydrogen) atoms. The van der Waals surface area contributed by atoms with Gasteiger partial charge in [0.2, 0.25) is 11.8 Å². The van der Waals surface area contributed by atoms with E-state index in [9.17, 15) is 19.8 Å². The number of hydrogen-bond acceptors (Lipinski definition) is 5. The number of phenolic OH excluding ortho intramolecular Hbond substituents is 1. The molecule has 0 spiro atoms. The number of aromatic hydroxyl groups is 1. The number of anilines is 2. The highest BCUT2D eigenvalue weighted by molar-refractivity contribution is 6.01. The van der Waals surface area contributed by atoms with Crippen LogP contribution < -0.4 is 15.5 Å². The van der Waals surface area contributed by atoms with Crippen LogP contribution in [0.15, 0.2) is 36.4 Å². The van der Waals surface area contributed by atoms with Crippen LogP contribution in [0.1, 0.15) is 56.9 Å². The van der Waals surface area contributed by atoms with Gasteiger partial charge in [-0.25, -0.2) is 0 Å². The predicted octanol–water partition coefficient (Wildman–Crippen LogP) is 3.29. The summed E-state index contributed by atoms with van der Waals surface area (Å²) in [5.74, 6) is -0.0173. The van der Waals surface area contributed by atoms with E-state index in [1.54, 1.807) is 11.0 Å². The van der Waals surface area contributed by atoms with Crippen molar-refractivity contribution in [1.82, 2.24) is 5.32 Å². The van der Waals surface area contributed by atoms with E-state index < -0.39 is 11.6 Å². The molecule has 2 aromatic carbocycles. The lowest BCUT2D eigenvalue weighted by molar-refractivity contribution is -0.118. The first kappa shape index (κ1) is 23.8. The molecule has 2 heterocycles. The third-order valence-corrected chi connectivity index (χ3v) is 5.76. The summed E-state index contributed by atoms with van der Waals surface area (Å²) >= 11 is 0. The Morgan fingerprint density at radius 2 is 1.88 bits per heavy atom. The number of fused-ring (bicyclic) bond motifs is 2. The maximum Gasteiger partial charge on any atom is 0.231 e. The summed E-state index contributed by atoms with van der Waals surface area (Å²) in [6.07, 6.45) is 0.431. The SMILES string of the molecule is CC.CC(C)(CN1C(=O)Cc2ccccc21)NCC(O)c1cc(O)cc2c1CCC(=O)N2. The van der Waals surface area contributed by atoms with Crippen LogP contribution >= 0.6 is 0 Å². The van der Waals surface area contributed by atoms with E-state index in [-0.39, 0.29) is 24.1 Å². The number of hydrogen-bond donors (Lipinski definition) is 4. The molecular formula is C25H33N3O4. The average Bonchev–Trinajstić information content (AvgIpc) is 3.07. The zero-order chi connectivity index (χ0) is 23.5. The smallest absolute Gasteiger partial charge is 0.231 e. The molecule has 172 valence electrons. The summed E-state index contributed by atoms with van der Waals surface area (Å²) in [4.78, 5) is 25.9. The van der Waals surface area contributed by atoms with Crippen LogP contribution in [-0.2, 0) is 22.4 Å². The fourth-order valence-corrected chi connectivity index (χ4v) is 4.24. The van der Waals surface area contributed by atoms with Gasteiger partial charge in [0, 0.05) is 42.5 Å². The molecule has 0 saturated heterocycles. The van der Waals surface area contributed by atoms with Crippen LogP contribution in [0.4, 0.5) is 11.4 Å². The molecule has 2 aromatic rings. The Balaban J connectivity index is 0.00000141. The quantitative estimate of drug-likeness (QED) is 0.553. The van der Waals surface area contributed by atoms with E-state index in [4.69, 9.17) is 0 Å². The van der Waals surface area contributed by atoms with Crippen LogP contribution in [0.5, 0.6) is 5.75 Å². The number of carbonyl (C=O) groups is 2. The highest BCUT2D eigenvalue weighted by Crippen LogP contribution is 2.34. The van der Waals surface area contributed by atoms with E-state index in [0.29, 0.717) is 37.1 Å². The van der Waals surface area contributed by atoms with Gasteiger partial charge < -0.3 is 25.7 Å². The van der Waals surface area contributed by atoms with E-state index in [1.807, 2.05) is 52.0 Å². The normalized spacial score (nSPS) is 16.0. The van der Waals surface area contributed by atoms with Crippen molar-refractivity contribution >= 4 is 23.2 Å². The van der Waals surface area contributed by atoms with Crippen molar-refractivity contribution in [3.8, 4) is 5.75 Å². The van der Waals surface area contributed by atoms with E-state index in [2.05, 4.69) is 10.6 Å². The number of aliphatic hydroxyl groups is 1. The molecule has 7 heteroatoms. The van der Waals surface area contributed by atoms with Crippen LogP contribution in [0, 0.1) is 0 Å². The highest BCUT2D eigenvalue weighted by atomic mass is 16.3. The largest absolute Gasteiger partial charge is 0.508 e. The van der Waals surface area contributed by atoms with Gasteiger partial charge in [0.25, 0.3) is 0 Å². The van der Waals surface area contributed by atoms with E-state index >= 15 is 0 Å². The fourth-order valence-electron chi connectivity index (χ4n) is 4.24. The molecular weight excluding hydrogens is 406 g/mol. The second-order valence-corrected chi connectivity index (χ2v) is 8.68. The first-order chi connectivity index (χ1) is 15.2. The number of nitrogens with zero attached hydrogens (tertiary/aromatic N) is 1. The van der Waals surface area contributed by atoms with Crippen molar-refractivity contribution in [2.45, 2.75) is 58.6 Å². The third-order valence-electron chi connectivity index (χ3n) is 5.76. The minimum Gasteiger partial charge on any atom is -0.508 e. The molecule has 0 radical (unpaired) electrons. The Morgan fingerprint density at radius 1 is 1.16 bits per heavy atom. The number of rotatable bonds is 6. The molecule has 2 aliphatic heterocycles. The van der Waals surface area contributed by atoms with Crippen LogP contribution in [-0.4, -0.2) is 40.7 Å². The summed E-state index contributed by atoms with van der Waals surface area (Å²) in [6.45, 7) is 8.71. The lowest BCUT2D eigenvalue weighted by Crippen LogP contribution is -2.51. The molecule has 7 nitrogen and oxygen atoms in total. The Morgan fingerprint density at radius 3 is 2.62 bits per heavy atom. The van der Waals surface area contributed by atoms with Crippen molar-refractivity contribution in [2.24, 2.45) is 0 Å². The Bertz CT molecular complexity index is 1000. The number of para-hydroxylation sites is 1. The summed E-state index contributed by atoms with van der Waals surface area (Å²) in [5, 5.41) is 27.0. The standard InChI is InChI=1S/C23H27N3O4.C2H6/c1-23(2,13-26-19-6-4-3-5-14(19)9-22(26)30)24-12-20(28)17-10-15(27)11-18-16(17)7-8-21(29)25-18;1-2/h3-6,10-11,20,24,27-28H,7-9,12-13H2,1-2H3,(H,25,29);1-2H3. The molecule has 2 amide bonds. The molecule has 1 unspecified atom stereocenters. The maximum atomic E-state index is 12.5. The number of carbonyl (C=O) groups excluding carboxylic acids is 2. The second kappa shape index (κ2) is 9.71. The van der Waals surface area contributed by atoms with Gasteiger partial charge in [-0.05, 0) is 49.1 Å². The molecule has 0 bridgehead atoms. The molecule has 0 saturated carbocycles. The lowest BCUT2D eigenvalue weighted by atomic mass is 9.93. The van der Waals surface area contributed by atoms with Gasteiger partial charge in [0.05, 0.1) is 12.5 Å². The van der Waals surface area contributed by atoms with Crippen LogP contribution in [0.25, 0.3) is 0 Å². The number of β-amino-alcohol motifs (C(OH)–C–C–N with tert-alkyl or cyclic N) is 1. The van der Waals surface area contributed by atoms with Crippen LogP contribution in [0.3, 0.4) is 0 Å². The predicted molar refractivity (Wildman–Crippen MR) is 126 cm³/mol. The zero-order valence-corrected chi connectivity index (χ0v) is 19.2. The Hall–Kier alpha value is -2.90. The summed E-state index contributed by atoms with van der Waals surface area (Å²) in [7, 11) is 0. The Labute approximate surface area is 189 Å². The van der Waals surface area contributed by atoms with Crippen molar-refractivity contribution < 1.29 is 19.8 Å². The summed E-state index contributed by atoms with van der Waals surface area (Å²) in [6, 6.07) is 10.9. The average molecular weight is 440 g/mol. The molecule has 0 fully saturated rings. The first-order valence-electron chi connectivity index (χ1n) is 11.2. The van der Waals surface area contributed by atoms with Crippen molar-refractivity contribution in [1.29, 1.82) is 0 Å². The number of nitrogens with one attached hydrogen (secondary N) is 2. The first-order valence-corrected chi connectivity index (χ1v) is 11.2. The van der Waals surface area contributed by atoms with Crippen molar-refractivity contribution in [2.75, 3.05) is 23.3 Å². The highest BCUT2D eigenvalue weighted by Gasteiger charge is 2.32. The summed E-state index contributed by atoms with van der Waals surface area (Å²) in [5.41, 5.74) is 3.54. The van der Waals surface area contributed by atoms with Gasteiger partial charge in [-0.3, -0.25) is 9.59 Å². The van der Waals surface area contributed by atoms with E-state index in [1.165, 1.54) is 6.07 Å². The van der Waals surface area contributed by atoms with Gasteiger partial charge in [0.15, 0.2) is 0 Å². The zero-order valence-electron chi connectivity index (χ0n) is 19.2. The minimum absolute atomic E-state index is 0.00327. The number of amides is 2. The molecule has 2 aliphatic rings. The topological polar surface area (TPSA) is 102 Å². The van der Waals surface area contributed by atoms with Crippen molar-refractivity contribution in [3.05, 3.63) is 53.1 Å². The van der Waals surface area contributed by atoms with E-state index in [0.717, 1.165) is 16.8 Å². The lowest BCUT2D eigenvalue weighted by Gasteiger charge is -2.33. The van der Waals surface area contributed by atoms with Gasteiger partial charge in [-0.1, -0.05) is 32.0 Å². The molecule has 0 aliphatic carbocycles. The van der Waals surface area contributed by atoms with Gasteiger partial charge in [-0.15, -0.1) is 0 Å². The number of phenols is 1. The minimum atomic E-state index is -0.860. The van der Waals surface area contributed by atoms with Crippen molar-refractivity contribution in [3.63, 3.8) is 0 Å². The molecule has 4 N–H and O–H groups in total. The second-order valence-electron chi connectivity index (χ2n) is 8.68. The molecule has 0 aromatic heterocycles. The van der Waals surface area contributed by atoms with Gasteiger partial charge >= 0.3 is 0 Å². The Kier molecular flexibility index (Phi) is 7.21. The molecule has 4 rings (SSSR count). The number of benzene rings is 2. The monoisotopic (exact) mass is 439 g/mol.